The maximum atomic E-state index is 14.2. The molecule has 0 aliphatic carbocycles. The Balaban J connectivity index is 1.43. The molecule has 47 heavy (non-hydrogen) atoms. The highest BCUT2D eigenvalue weighted by molar-refractivity contribution is 7.02. The third-order valence-electron chi connectivity index (χ3n) is 8.97. The number of rotatable bonds is 7. The first-order valence-corrected chi connectivity index (χ1v) is 18.9. The summed E-state index contributed by atoms with van der Waals surface area (Å²) >= 11 is 0. The lowest BCUT2D eigenvalue weighted by atomic mass is 9.85. The topological polar surface area (TPSA) is 126 Å². The summed E-state index contributed by atoms with van der Waals surface area (Å²) in [4.78, 5) is 57.9. The smallest absolute Gasteiger partial charge is 0.407 e. The van der Waals surface area contributed by atoms with E-state index in [1.54, 1.807) is 38.3 Å². The van der Waals surface area contributed by atoms with Crippen LogP contribution in [0.2, 0.25) is 13.1 Å². The van der Waals surface area contributed by atoms with Gasteiger partial charge in [-0.1, -0.05) is 73.7 Å². The first kappa shape index (κ1) is 32.2. The van der Waals surface area contributed by atoms with E-state index in [-0.39, 0.29) is 37.1 Å². The summed E-state index contributed by atoms with van der Waals surface area (Å²) in [5.41, 5.74) is 0.823. The van der Waals surface area contributed by atoms with Crippen molar-refractivity contribution in [1.29, 1.82) is 0 Å². The lowest BCUT2D eigenvalue weighted by Gasteiger charge is -2.35. The molecular formula is C36H39N3O7Si. The van der Waals surface area contributed by atoms with Gasteiger partial charge in [-0.2, -0.15) is 0 Å². The average Bonchev–Trinajstić information content (AvgIpc) is 3.39. The fourth-order valence-corrected chi connectivity index (χ4v) is 9.88. The molecule has 2 aliphatic rings. The molecule has 0 spiro atoms. The Morgan fingerprint density at radius 2 is 1.74 bits per heavy atom. The number of hydrogen-bond donors (Lipinski definition) is 1. The van der Waals surface area contributed by atoms with Gasteiger partial charge in [0, 0.05) is 23.1 Å². The third kappa shape index (κ3) is 5.62. The second-order valence-corrected chi connectivity index (χ2v) is 17.9. The molecule has 2 aromatic carbocycles. The number of hydrogen-bond acceptors (Lipinski definition) is 8. The van der Waals surface area contributed by atoms with Gasteiger partial charge in [0.2, 0.25) is 5.60 Å². The largest absolute Gasteiger partial charge is 0.457 e. The van der Waals surface area contributed by atoms with Crippen molar-refractivity contribution in [2.75, 3.05) is 6.54 Å². The molecule has 11 heteroatoms. The van der Waals surface area contributed by atoms with Crippen molar-refractivity contribution in [2.45, 2.75) is 78.0 Å². The zero-order valence-electron chi connectivity index (χ0n) is 27.6. The Kier molecular flexibility index (Phi) is 8.07. The highest BCUT2D eigenvalue weighted by Gasteiger charge is 2.50. The first-order valence-electron chi connectivity index (χ1n) is 15.9. The van der Waals surface area contributed by atoms with Crippen LogP contribution in [-0.2, 0) is 42.6 Å². The summed E-state index contributed by atoms with van der Waals surface area (Å²) in [5.74, 6) is -1.47. The minimum Gasteiger partial charge on any atom is -0.457 e. The van der Waals surface area contributed by atoms with Crippen LogP contribution in [0.15, 0.2) is 65.5 Å². The molecule has 4 heterocycles. The summed E-state index contributed by atoms with van der Waals surface area (Å²) in [7, 11) is -2.31. The number of benzene rings is 2. The molecule has 2 aromatic heterocycles. The van der Waals surface area contributed by atoms with Gasteiger partial charge in [0.25, 0.3) is 5.56 Å². The molecule has 4 aromatic rings. The lowest BCUT2D eigenvalue weighted by Crippen LogP contribution is -2.54. The Bertz CT molecular complexity index is 1980. The number of para-hydroxylation sites is 1. The monoisotopic (exact) mass is 653 g/mol. The molecule has 0 fully saturated rings. The maximum Gasteiger partial charge on any atom is 0.407 e. The number of alkyl carbamates (subject to hydrolysis) is 1. The van der Waals surface area contributed by atoms with Crippen molar-refractivity contribution in [3.63, 3.8) is 0 Å². The molecular weight excluding hydrogens is 614 g/mol. The molecule has 1 N–H and O–H groups in total. The average molecular weight is 654 g/mol. The number of pyridine rings is 2. The van der Waals surface area contributed by atoms with Crippen LogP contribution in [0.25, 0.3) is 22.3 Å². The maximum absolute atomic E-state index is 14.2. The van der Waals surface area contributed by atoms with Gasteiger partial charge >= 0.3 is 18.0 Å². The number of nitrogens with one attached hydrogen (secondary N) is 1. The zero-order valence-corrected chi connectivity index (χ0v) is 28.6. The molecule has 10 nitrogen and oxygen atoms in total. The van der Waals surface area contributed by atoms with Gasteiger partial charge in [0.1, 0.15) is 20.3 Å². The number of carbonyl (C=O) groups is 3. The molecule has 0 saturated carbocycles. The number of carbonyl (C=O) groups excluding carboxylic acids is 3. The van der Waals surface area contributed by atoms with Gasteiger partial charge in [0.15, 0.2) is 0 Å². The van der Waals surface area contributed by atoms with E-state index < -0.39 is 37.3 Å². The summed E-state index contributed by atoms with van der Waals surface area (Å²) in [6.07, 6.45) is -0.838. The van der Waals surface area contributed by atoms with Gasteiger partial charge in [-0.15, -0.1) is 0 Å². The van der Waals surface area contributed by atoms with Gasteiger partial charge in [-0.3, -0.25) is 9.59 Å². The van der Waals surface area contributed by atoms with Gasteiger partial charge in [-0.05, 0) is 44.5 Å². The molecule has 2 aliphatic heterocycles. The minimum atomic E-state index is -2.31. The summed E-state index contributed by atoms with van der Waals surface area (Å²) < 4.78 is 18.3. The number of cyclic esters (lactones) is 1. The van der Waals surface area contributed by atoms with Crippen molar-refractivity contribution in [2.24, 2.45) is 0 Å². The highest BCUT2D eigenvalue weighted by Crippen LogP contribution is 2.41. The van der Waals surface area contributed by atoms with Gasteiger partial charge < -0.3 is 24.1 Å². The summed E-state index contributed by atoms with van der Waals surface area (Å²) in [6.45, 7) is 11.6. The second-order valence-electron chi connectivity index (χ2n) is 13.5. The van der Waals surface area contributed by atoms with Crippen LogP contribution in [0.4, 0.5) is 4.79 Å². The van der Waals surface area contributed by atoms with Crippen molar-refractivity contribution in [1.82, 2.24) is 14.9 Å². The van der Waals surface area contributed by atoms with E-state index in [1.807, 2.05) is 24.3 Å². The first-order chi connectivity index (χ1) is 22.3. The molecule has 0 saturated heterocycles. The number of fused-ring (bicyclic) bond motifs is 5. The number of nitrogens with zero attached hydrogens (tertiary/aromatic N) is 2. The van der Waals surface area contributed by atoms with E-state index in [9.17, 15) is 19.2 Å². The molecule has 6 rings (SSSR count). The van der Waals surface area contributed by atoms with E-state index in [0.717, 1.165) is 16.5 Å². The Hall–Kier alpha value is -4.77. The van der Waals surface area contributed by atoms with Crippen LogP contribution < -0.4 is 21.2 Å². The van der Waals surface area contributed by atoms with Gasteiger partial charge in [-0.25, -0.2) is 14.6 Å². The van der Waals surface area contributed by atoms with E-state index in [4.69, 9.17) is 19.2 Å². The number of aromatic nitrogens is 2. The van der Waals surface area contributed by atoms with Crippen LogP contribution >= 0.6 is 0 Å². The van der Waals surface area contributed by atoms with Crippen molar-refractivity contribution < 1.29 is 28.6 Å². The zero-order chi connectivity index (χ0) is 33.7. The summed E-state index contributed by atoms with van der Waals surface area (Å²) in [5, 5.41) is 6.07. The standard InChI is InChI=1S/C36H39N3O7Si/c1-7-36(45-29(40)17-18-37-34(43)46-35(2,3)4)26-19-28-30-24(20-39(28)32(41)25(26)21-44-33(36)42)31(23-15-11-12-16-27(23)38-30)47(5,6)22-13-9-8-10-14-22/h8-16,19H,7,17-18,20-21H2,1-6H3,(H,37,43). The lowest BCUT2D eigenvalue weighted by molar-refractivity contribution is -0.189. The quantitative estimate of drug-likeness (QED) is 0.156. The predicted octanol–water partition coefficient (Wildman–Crippen LogP) is 4.37. The highest BCUT2D eigenvalue weighted by atomic mass is 28.3. The van der Waals surface area contributed by atoms with E-state index in [0.29, 0.717) is 23.5 Å². The van der Waals surface area contributed by atoms with Crippen molar-refractivity contribution >= 4 is 47.4 Å². The normalized spacial score (nSPS) is 16.9. The van der Waals surface area contributed by atoms with Crippen LogP contribution in [0.1, 0.15) is 57.2 Å². The minimum absolute atomic E-state index is 0.0458. The molecule has 1 atom stereocenters. The van der Waals surface area contributed by atoms with E-state index in [2.05, 4.69) is 48.7 Å². The van der Waals surface area contributed by atoms with Crippen LogP contribution in [-0.4, -0.2) is 47.8 Å². The SMILES string of the molecule is CCC1(OC(=O)CCNC(=O)OC(C)(C)C)C(=O)OCc2c1cc1n(c2=O)Cc2c-1nc1ccccc1c2[Si](C)(C)c1ccccc1. The van der Waals surface area contributed by atoms with Crippen molar-refractivity contribution in [3.8, 4) is 11.4 Å². The molecule has 0 radical (unpaired) electrons. The number of ether oxygens (including phenoxy) is 3. The number of amides is 1. The van der Waals surface area contributed by atoms with E-state index >= 15 is 0 Å². The second kappa shape index (κ2) is 11.8. The van der Waals surface area contributed by atoms with Crippen LogP contribution in [0.3, 0.4) is 0 Å². The molecule has 244 valence electrons. The Labute approximate surface area is 274 Å². The van der Waals surface area contributed by atoms with E-state index in [1.165, 1.54) is 10.4 Å². The van der Waals surface area contributed by atoms with Crippen LogP contribution in [0, 0.1) is 0 Å². The number of esters is 2. The summed E-state index contributed by atoms with van der Waals surface area (Å²) in [6, 6.07) is 20.3. The fourth-order valence-electron chi connectivity index (χ4n) is 6.72. The molecule has 1 unspecified atom stereocenters. The van der Waals surface area contributed by atoms with Crippen LogP contribution in [0.5, 0.6) is 0 Å². The molecule has 1 amide bonds. The van der Waals surface area contributed by atoms with Gasteiger partial charge in [0.05, 0.1) is 35.4 Å². The fraction of sp³-hybridized carbons (Fsp3) is 0.361. The Morgan fingerprint density at radius 1 is 1.04 bits per heavy atom. The predicted molar refractivity (Wildman–Crippen MR) is 180 cm³/mol. The molecule has 0 bridgehead atoms. The third-order valence-corrected chi connectivity index (χ3v) is 12.6. The Morgan fingerprint density at radius 3 is 2.45 bits per heavy atom. The van der Waals surface area contributed by atoms with Crippen molar-refractivity contribution in [3.05, 3.63) is 87.7 Å².